The minimum atomic E-state index is -4.08. The number of hydrogen-bond acceptors (Lipinski definition) is 3. The van der Waals surface area contributed by atoms with E-state index in [4.69, 9.17) is 11.6 Å². The van der Waals surface area contributed by atoms with Gasteiger partial charge in [-0.15, -0.1) is 0 Å². The molecule has 2 rings (SSSR count). The SMILES string of the molecule is O=c1cc[nH]cc1S(=O)(=O)Nc1ccc(F)cc1Cl. The van der Waals surface area contributed by atoms with Gasteiger partial charge in [-0.2, -0.15) is 0 Å². The first-order chi connectivity index (χ1) is 8.90. The van der Waals surface area contributed by atoms with Crippen molar-refractivity contribution in [1.82, 2.24) is 4.98 Å². The highest BCUT2D eigenvalue weighted by Crippen LogP contribution is 2.24. The summed E-state index contributed by atoms with van der Waals surface area (Å²) in [6.45, 7) is 0. The summed E-state index contributed by atoms with van der Waals surface area (Å²) < 4.78 is 38.9. The van der Waals surface area contributed by atoms with E-state index in [2.05, 4.69) is 9.71 Å². The fraction of sp³-hybridized carbons (Fsp3) is 0. The van der Waals surface area contributed by atoms with Gasteiger partial charge in [0.25, 0.3) is 10.0 Å². The van der Waals surface area contributed by atoms with Gasteiger partial charge < -0.3 is 4.98 Å². The van der Waals surface area contributed by atoms with Crippen molar-refractivity contribution < 1.29 is 12.8 Å². The van der Waals surface area contributed by atoms with E-state index in [0.29, 0.717) is 0 Å². The topological polar surface area (TPSA) is 79.0 Å². The van der Waals surface area contributed by atoms with Crippen molar-refractivity contribution in [2.75, 3.05) is 4.72 Å². The molecule has 2 N–H and O–H groups in total. The zero-order valence-electron chi connectivity index (χ0n) is 9.35. The summed E-state index contributed by atoms with van der Waals surface area (Å²) in [6.07, 6.45) is 2.37. The monoisotopic (exact) mass is 302 g/mol. The van der Waals surface area contributed by atoms with Gasteiger partial charge in [0.15, 0.2) is 4.90 Å². The summed E-state index contributed by atoms with van der Waals surface area (Å²) >= 11 is 5.71. The smallest absolute Gasteiger partial charge is 0.267 e. The van der Waals surface area contributed by atoms with Crippen molar-refractivity contribution >= 4 is 27.3 Å². The van der Waals surface area contributed by atoms with Crippen molar-refractivity contribution in [1.29, 1.82) is 0 Å². The quantitative estimate of drug-likeness (QED) is 0.910. The maximum atomic E-state index is 12.9. The molecule has 0 aliphatic heterocycles. The number of sulfonamides is 1. The maximum Gasteiger partial charge on any atom is 0.267 e. The molecule has 0 fully saturated rings. The van der Waals surface area contributed by atoms with Gasteiger partial charge in [-0.3, -0.25) is 9.52 Å². The van der Waals surface area contributed by atoms with Gasteiger partial charge in [-0.1, -0.05) is 11.6 Å². The Morgan fingerprint density at radius 2 is 2.00 bits per heavy atom. The Morgan fingerprint density at radius 1 is 1.26 bits per heavy atom. The highest BCUT2D eigenvalue weighted by molar-refractivity contribution is 7.92. The minimum absolute atomic E-state index is 0.00804. The van der Waals surface area contributed by atoms with Crippen LogP contribution < -0.4 is 10.2 Å². The molecular formula is C11H8ClFN2O3S. The number of halogens is 2. The second kappa shape index (κ2) is 5.02. The van der Waals surface area contributed by atoms with Gasteiger partial charge in [-0.05, 0) is 18.2 Å². The first-order valence-electron chi connectivity index (χ1n) is 5.05. The number of benzene rings is 1. The predicted octanol–water partition coefficient (Wildman–Crippen LogP) is 1.97. The number of pyridine rings is 1. The molecule has 0 aliphatic rings. The number of hydrogen-bond donors (Lipinski definition) is 2. The molecule has 8 heteroatoms. The van der Waals surface area contributed by atoms with Gasteiger partial charge in [0.05, 0.1) is 10.7 Å². The molecule has 1 heterocycles. The standard InChI is InChI=1S/C11H8ClFN2O3S/c12-8-5-7(13)1-2-9(8)15-19(17,18)11-6-14-4-3-10(11)16/h1-6,15H,(H,14,16). The lowest BCUT2D eigenvalue weighted by Gasteiger charge is -2.08. The van der Waals surface area contributed by atoms with Crippen LogP contribution in [0, 0.1) is 5.82 Å². The van der Waals surface area contributed by atoms with Crippen molar-refractivity contribution in [2.24, 2.45) is 0 Å². The Hall–Kier alpha value is -1.86. The number of aromatic amines is 1. The van der Waals surface area contributed by atoms with E-state index in [9.17, 15) is 17.6 Å². The molecule has 0 saturated heterocycles. The molecule has 1 aromatic carbocycles. The summed E-state index contributed by atoms with van der Waals surface area (Å²) in [4.78, 5) is 13.5. The lowest BCUT2D eigenvalue weighted by atomic mass is 10.3. The van der Waals surface area contributed by atoms with Crippen molar-refractivity contribution in [2.45, 2.75) is 4.90 Å². The Morgan fingerprint density at radius 3 is 2.63 bits per heavy atom. The molecule has 0 spiro atoms. The van der Waals surface area contributed by atoms with Crippen LogP contribution in [0.3, 0.4) is 0 Å². The molecule has 0 saturated carbocycles. The van der Waals surface area contributed by atoms with Crippen LogP contribution in [0.2, 0.25) is 5.02 Å². The van der Waals surface area contributed by atoms with Crippen molar-refractivity contribution in [3.8, 4) is 0 Å². The maximum absolute atomic E-state index is 12.9. The molecule has 0 amide bonds. The minimum Gasteiger partial charge on any atom is -0.366 e. The normalized spacial score (nSPS) is 11.3. The lowest BCUT2D eigenvalue weighted by molar-refractivity contribution is 0.600. The highest BCUT2D eigenvalue weighted by atomic mass is 35.5. The van der Waals surface area contributed by atoms with Crippen molar-refractivity contribution in [3.63, 3.8) is 0 Å². The fourth-order valence-corrected chi connectivity index (χ4v) is 2.79. The van der Waals surface area contributed by atoms with E-state index >= 15 is 0 Å². The molecule has 0 unspecified atom stereocenters. The first-order valence-corrected chi connectivity index (χ1v) is 6.91. The highest BCUT2D eigenvalue weighted by Gasteiger charge is 2.19. The summed E-state index contributed by atoms with van der Waals surface area (Å²) in [7, 11) is -4.08. The van der Waals surface area contributed by atoms with E-state index in [1.807, 2.05) is 0 Å². The number of aromatic nitrogens is 1. The van der Waals surface area contributed by atoms with Crippen LogP contribution in [0.4, 0.5) is 10.1 Å². The van der Waals surface area contributed by atoms with Gasteiger partial charge in [0.1, 0.15) is 5.82 Å². The number of H-pyrrole nitrogens is 1. The van der Waals surface area contributed by atoms with E-state index in [1.54, 1.807) is 0 Å². The number of anilines is 1. The van der Waals surface area contributed by atoms with Crippen molar-refractivity contribution in [3.05, 3.63) is 57.7 Å². The predicted molar refractivity (Wildman–Crippen MR) is 69.3 cm³/mol. The molecule has 100 valence electrons. The Labute approximate surface area is 113 Å². The molecule has 0 bridgehead atoms. The molecule has 0 aliphatic carbocycles. The molecule has 2 aromatic rings. The van der Waals surface area contributed by atoms with Crippen LogP contribution in [0.15, 0.2) is 46.3 Å². The average molecular weight is 303 g/mol. The van der Waals surface area contributed by atoms with Crippen LogP contribution in [0.1, 0.15) is 0 Å². The Kier molecular flexibility index (Phi) is 3.59. The molecular weight excluding hydrogens is 295 g/mol. The summed E-state index contributed by atoms with van der Waals surface area (Å²) in [5.41, 5.74) is -0.671. The zero-order chi connectivity index (χ0) is 14.0. The van der Waals surface area contributed by atoms with Gasteiger partial charge in [0.2, 0.25) is 5.43 Å². The first kappa shape index (κ1) is 13.6. The molecule has 5 nitrogen and oxygen atoms in total. The van der Waals surface area contributed by atoms with E-state index in [0.717, 1.165) is 24.4 Å². The third kappa shape index (κ3) is 2.94. The third-order valence-corrected chi connectivity index (χ3v) is 3.95. The Balaban J connectivity index is 2.43. The summed E-state index contributed by atoms with van der Waals surface area (Å²) in [6, 6.07) is 4.28. The molecule has 0 atom stereocenters. The second-order valence-corrected chi connectivity index (χ2v) is 5.66. The van der Waals surface area contributed by atoms with Crippen LogP contribution in [-0.4, -0.2) is 13.4 Å². The van der Waals surface area contributed by atoms with Crippen LogP contribution in [-0.2, 0) is 10.0 Å². The number of rotatable bonds is 3. The molecule has 0 radical (unpaired) electrons. The zero-order valence-corrected chi connectivity index (χ0v) is 10.9. The fourth-order valence-electron chi connectivity index (χ4n) is 1.38. The van der Waals surface area contributed by atoms with Crippen LogP contribution in [0.25, 0.3) is 0 Å². The van der Waals surface area contributed by atoms with Crippen LogP contribution >= 0.6 is 11.6 Å². The Bertz CT molecular complexity index is 774. The molecule has 19 heavy (non-hydrogen) atoms. The van der Waals surface area contributed by atoms with E-state index in [-0.39, 0.29) is 10.7 Å². The average Bonchev–Trinajstić information content (AvgIpc) is 2.33. The van der Waals surface area contributed by atoms with E-state index in [1.165, 1.54) is 12.3 Å². The molecule has 1 aromatic heterocycles. The third-order valence-electron chi connectivity index (χ3n) is 2.25. The van der Waals surface area contributed by atoms with Gasteiger partial charge in [-0.25, -0.2) is 12.8 Å². The second-order valence-electron chi connectivity index (χ2n) is 3.60. The largest absolute Gasteiger partial charge is 0.366 e. The summed E-state index contributed by atoms with van der Waals surface area (Å²) in [5.74, 6) is -0.592. The van der Waals surface area contributed by atoms with E-state index < -0.39 is 26.2 Å². The summed E-state index contributed by atoms with van der Waals surface area (Å²) in [5, 5.41) is -0.101. The van der Waals surface area contributed by atoms with Crippen LogP contribution in [0.5, 0.6) is 0 Å². The van der Waals surface area contributed by atoms with Gasteiger partial charge in [0, 0.05) is 18.5 Å². The van der Waals surface area contributed by atoms with Gasteiger partial charge >= 0.3 is 0 Å². The lowest BCUT2D eigenvalue weighted by Crippen LogP contribution is -2.21. The number of nitrogens with one attached hydrogen (secondary N) is 2.